The molecule has 3 rings (SSSR count). The summed E-state index contributed by atoms with van der Waals surface area (Å²) >= 11 is 0. The average molecular weight is 700 g/mol. The number of nitrogens with zero attached hydrogens (tertiary/aromatic N) is 1. The summed E-state index contributed by atoms with van der Waals surface area (Å²) in [6.45, 7) is 13.0. The van der Waals surface area contributed by atoms with Gasteiger partial charge in [-0.15, -0.1) is 0 Å². The number of alkyl carbamates (subject to hydrolysis) is 1. The first-order chi connectivity index (χ1) is 24.2. The van der Waals surface area contributed by atoms with Crippen LogP contribution in [0.1, 0.15) is 103 Å². The fourth-order valence-electron chi connectivity index (χ4n) is 5.73. The standard InChI is InChI=1S/C42H57N3O6/c1-8-9-10-11-21-28-45(38(47)34(29-31-22-15-12-16-23-31)44-40(49)51-42(5,6)7)36(33-26-19-14-20-27-33)37(46)43-35(39(48)50-41(2,3)4)30-32-24-17-13-18-25-32/h12-20,22-27,34-36H,8-11,21,28-30H2,1-7H3,(H,43,46)(H,44,49). The molecular weight excluding hydrogens is 642 g/mol. The van der Waals surface area contributed by atoms with Crippen molar-refractivity contribution in [3.8, 4) is 0 Å². The second kappa shape index (κ2) is 19.7. The van der Waals surface area contributed by atoms with Gasteiger partial charge in [0.05, 0.1) is 0 Å². The zero-order valence-corrected chi connectivity index (χ0v) is 31.4. The number of ether oxygens (including phenoxy) is 2. The monoisotopic (exact) mass is 699 g/mol. The molecule has 9 nitrogen and oxygen atoms in total. The van der Waals surface area contributed by atoms with Gasteiger partial charge in [-0.1, -0.05) is 124 Å². The number of hydrogen-bond acceptors (Lipinski definition) is 6. The third-order valence-electron chi connectivity index (χ3n) is 8.02. The fourth-order valence-corrected chi connectivity index (χ4v) is 5.73. The smallest absolute Gasteiger partial charge is 0.408 e. The number of unbranched alkanes of at least 4 members (excludes halogenated alkanes) is 4. The Labute approximate surface area is 304 Å². The van der Waals surface area contributed by atoms with E-state index in [0.29, 0.717) is 12.0 Å². The van der Waals surface area contributed by atoms with E-state index in [1.54, 1.807) is 58.6 Å². The second-order valence-electron chi connectivity index (χ2n) is 14.9. The van der Waals surface area contributed by atoms with Gasteiger partial charge in [0.15, 0.2) is 0 Å². The lowest BCUT2D eigenvalue weighted by atomic mass is 9.98. The molecule has 9 heteroatoms. The molecule has 0 aliphatic rings. The van der Waals surface area contributed by atoms with Gasteiger partial charge < -0.3 is 25.0 Å². The summed E-state index contributed by atoms with van der Waals surface area (Å²) in [6, 6.07) is 24.7. The van der Waals surface area contributed by atoms with Crippen LogP contribution in [0.5, 0.6) is 0 Å². The van der Waals surface area contributed by atoms with Gasteiger partial charge in [0.2, 0.25) is 11.8 Å². The number of nitrogens with one attached hydrogen (secondary N) is 2. The van der Waals surface area contributed by atoms with E-state index in [0.717, 1.165) is 36.8 Å². The molecule has 0 aromatic heterocycles. The Morgan fingerprint density at radius 1 is 0.627 bits per heavy atom. The van der Waals surface area contributed by atoms with Gasteiger partial charge in [0.25, 0.3) is 0 Å². The Morgan fingerprint density at radius 2 is 1.12 bits per heavy atom. The highest BCUT2D eigenvalue weighted by Gasteiger charge is 2.38. The topological polar surface area (TPSA) is 114 Å². The van der Waals surface area contributed by atoms with Crippen molar-refractivity contribution >= 4 is 23.9 Å². The normalized spacial score (nSPS) is 13.3. The minimum atomic E-state index is -1.11. The molecule has 3 atom stereocenters. The highest BCUT2D eigenvalue weighted by Crippen LogP contribution is 2.25. The average Bonchev–Trinajstić information content (AvgIpc) is 3.06. The minimum absolute atomic E-state index is 0.183. The highest BCUT2D eigenvalue weighted by molar-refractivity contribution is 5.94. The molecule has 0 saturated heterocycles. The van der Waals surface area contributed by atoms with Gasteiger partial charge in [-0.3, -0.25) is 9.59 Å². The molecule has 0 heterocycles. The van der Waals surface area contributed by atoms with Crippen molar-refractivity contribution in [1.29, 1.82) is 0 Å². The highest BCUT2D eigenvalue weighted by atomic mass is 16.6. The van der Waals surface area contributed by atoms with Gasteiger partial charge in [-0.2, -0.15) is 0 Å². The van der Waals surface area contributed by atoms with E-state index in [4.69, 9.17) is 9.47 Å². The van der Waals surface area contributed by atoms with Crippen molar-refractivity contribution in [3.05, 3.63) is 108 Å². The zero-order chi connectivity index (χ0) is 37.4. The molecule has 51 heavy (non-hydrogen) atoms. The number of benzene rings is 3. The largest absolute Gasteiger partial charge is 0.458 e. The van der Waals surface area contributed by atoms with Gasteiger partial charge in [0.1, 0.15) is 29.3 Å². The minimum Gasteiger partial charge on any atom is -0.458 e. The zero-order valence-electron chi connectivity index (χ0n) is 31.4. The predicted molar refractivity (Wildman–Crippen MR) is 201 cm³/mol. The Morgan fingerprint density at radius 3 is 1.63 bits per heavy atom. The van der Waals surface area contributed by atoms with Crippen LogP contribution in [0.2, 0.25) is 0 Å². The molecular formula is C42H57N3O6. The summed E-state index contributed by atoms with van der Waals surface area (Å²) in [5.74, 6) is -1.52. The lowest BCUT2D eigenvalue weighted by Crippen LogP contribution is -2.55. The molecule has 0 aliphatic heterocycles. The maximum absolute atomic E-state index is 14.9. The van der Waals surface area contributed by atoms with Crippen LogP contribution >= 0.6 is 0 Å². The number of carbonyl (C=O) groups is 4. The van der Waals surface area contributed by atoms with Crippen LogP contribution in [-0.2, 0) is 36.7 Å². The van der Waals surface area contributed by atoms with Gasteiger partial charge >= 0.3 is 12.1 Å². The molecule has 3 unspecified atom stereocenters. The number of esters is 1. The quantitative estimate of drug-likeness (QED) is 0.110. The maximum atomic E-state index is 14.9. The van der Waals surface area contributed by atoms with Crippen molar-refractivity contribution in [2.75, 3.05) is 6.54 Å². The summed E-state index contributed by atoms with van der Waals surface area (Å²) < 4.78 is 11.3. The van der Waals surface area contributed by atoms with E-state index in [9.17, 15) is 19.2 Å². The number of hydrogen-bond donors (Lipinski definition) is 2. The molecule has 3 aromatic rings. The Balaban J connectivity index is 2.08. The summed E-state index contributed by atoms with van der Waals surface area (Å²) in [7, 11) is 0. The first kappa shape index (κ1) is 40.8. The molecule has 0 aliphatic carbocycles. The van der Waals surface area contributed by atoms with E-state index >= 15 is 0 Å². The van der Waals surface area contributed by atoms with E-state index in [2.05, 4.69) is 17.6 Å². The van der Waals surface area contributed by atoms with Gasteiger partial charge in [0, 0.05) is 19.4 Å². The van der Waals surface area contributed by atoms with E-state index in [-0.39, 0.29) is 19.4 Å². The molecule has 276 valence electrons. The molecule has 0 saturated carbocycles. The van der Waals surface area contributed by atoms with Crippen molar-refractivity contribution in [1.82, 2.24) is 15.5 Å². The SMILES string of the molecule is CCCCCCCN(C(=O)C(Cc1ccccc1)NC(=O)OC(C)(C)C)C(C(=O)NC(Cc1ccccc1)C(=O)OC(C)(C)C)c1ccccc1. The van der Waals surface area contributed by atoms with Crippen LogP contribution in [-0.4, -0.2) is 58.6 Å². The van der Waals surface area contributed by atoms with Gasteiger partial charge in [-0.25, -0.2) is 9.59 Å². The molecule has 0 fully saturated rings. The van der Waals surface area contributed by atoms with E-state index in [1.165, 1.54) is 0 Å². The Hall–Kier alpha value is -4.66. The molecule has 0 spiro atoms. The third kappa shape index (κ3) is 14.6. The Kier molecular flexibility index (Phi) is 15.7. The first-order valence-corrected chi connectivity index (χ1v) is 18.1. The van der Waals surface area contributed by atoms with Crippen molar-refractivity contribution in [3.63, 3.8) is 0 Å². The molecule has 0 bridgehead atoms. The summed E-state index contributed by atoms with van der Waals surface area (Å²) in [4.78, 5) is 57.9. The van der Waals surface area contributed by atoms with Crippen LogP contribution in [0.3, 0.4) is 0 Å². The van der Waals surface area contributed by atoms with Crippen LogP contribution in [0.25, 0.3) is 0 Å². The van der Waals surface area contributed by atoms with E-state index in [1.807, 2.05) is 78.9 Å². The van der Waals surface area contributed by atoms with Gasteiger partial charge in [-0.05, 0) is 64.7 Å². The third-order valence-corrected chi connectivity index (χ3v) is 8.02. The molecule has 3 amide bonds. The first-order valence-electron chi connectivity index (χ1n) is 18.1. The van der Waals surface area contributed by atoms with Crippen LogP contribution < -0.4 is 10.6 Å². The lowest BCUT2D eigenvalue weighted by molar-refractivity contribution is -0.159. The van der Waals surface area contributed by atoms with Crippen LogP contribution in [0.15, 0.2) is 91.0 Å². The number of rotatable bonds is 17. The predicted octanol–water partition coefficient (Wildman–Crippen LogP) is 7.73. The van der Waals surface area contributed by atoms with Crippen molar-refractivity contribution < 1.29 is 28.7 Å². The van der Waals surface area contributed by atoms with Crippen molar-refractivity contribution in [2.24, 2.45) is 0 Å². The van der Waals surface area contributed by atoms with Crippen molar-refractivity contribution in [2.45, 2.75) is 123 Å². The molecule has 0 radical (unpaired) electrons. The van der Waals surface area contributed by atoms with Crippen LogP contribution in [0.4, 0.5) is 4.79 Å². The number of carbonyl (C=O) groups excluding carboxylic acids is 4. The molecule has 3 aromatic carbocycles. The second-order valence-corrected chi connectivity index (χ2v) is 14.9. The lowest BCUT2D eigenvalue weighted by Gasteiger charge is -2.35. The van der Waals surface area contributed by atoms with E-state index < -0.39 is 53.2 Å². The summed E-state index contributed by atoms with van der Waals surface area (Å²) in [5.41, 5.74) is 0.691. The number of amides is 3. The molecule has 2 N–H and O–H groups in total. The summed E-state index contributed by atoms with van der Waals surface area (Å²) in [6.07, 6.45) is 4.27. The summed E-state index contributed by atoms with van der Waals surface area (Å²) in [5, 5.41) is 5.79. The fraction of sp³-hybridized carbons (Fsp3) is 0.476. The van der Waals surface area contributed by atoms with Crippen LogP contribution in [0, 0.1) is 0 Å². The Bertz CT molecular complexity index is 1520. The maximum Gasteiger partial charge on any atom is 0.408 e.